The highest BCUT2D eigenvalue weighted by Crippen LogP contribution is 2.31. The summed E-state index contributed by atoms with van der Waals surface area (Å²) in [5.74, 6) is -0.222. The molecule has 4 rings (SSSR count). The second-order valence-electron chi connectivity index (χ2n) is 7.15. The van der Waals surface area contributed by atoms with Crippen molar-refractivity contribution in [2.24, 2.45) is 0 Å². The molecule has 5 atom stereocenters. The standard InChI is InChI=1S/C21H20O10/c22-8-16-18(26)19(27)20(28)21(31-16)29-11-3-1-9(2-4-11)14-7-13(25)17-12(24)5-10(23)6-15(17)30-14/h1-7,16,18-24,26-28H,8H2. The number of ether oxygens (including phenoxy) is 2. The van der Waals surface area contributed by atoms with Crippen LogP contribution >= 0.6 is 0 Å². The molecule has 2 aromatic carbocycles. The fourth-order valence-electron chi connectivity index (χ4n) is 3.39. The Labute approximate surface area is 174 Å². The van der Waals surface area contributed by atoms with Gasteiger partial charge in [-0.15, -0.1) is 0 Å². The van der Waals surface area contributed by atoms with Crippen LogP contribution in [0.25, 0.3) is 22.3 Å². The smallest absolute Gasteiger partial charge is 0.229 e. The summed E-state index contributed by atoms with van der Waals surface area (Å²) >= 11 is 0. The Morgan fingerprint density at radius 3 is 2.32 bits per heavy atom. The molecule has 1 aromatic heterocycles. The summed E-state index contributed by atoms with van der Waals surface area (Å²) in [6.07, 6.45) is -7.02. The van der Waals surface area contributed by atoms with Gasteiger partial charge >= 0.3 is 0 Å². The Balaban J connectivity index is 1.58. The quantitative estimate of drug-likeness (QED) is 0.331. The molecule has 1 aliphatic heterocycles. The van der Waals surface area contributed by atoms with Gasteiger partial charge in [0.05, 0.1) is 6.61 Å². The lowest BCUT2D eigenvalue weighted by atomic mass is 9.99. The van der Waals surface area contributed by atoms with E-state index in [1.165, 1.54) is 24.3 Å². The first kappa shape index (κ1) is 21.1. The predicted molar refractivity (Wildman–Crippen MR) is 106 cm³/mol. The Kier molecular flexibility index (Phi) is 5.56. The van der Waals surface area contributed by atoms with Crippen LogP contribution in [0, 0.1) is 0 Å². The molecule has 164 valence electrons. The molecule has 5 unspecified atom stereocenters. The van der Waals surface area contributed by atoms with E-state index in [2.05, 4.69) is 0 Å². The van der Waals surface area contributed by atoms with Crippen molar-refractivity contribution in [3.05, 3.63) is 52.7 Å². The molecule has 0 radical (unpaired) electrons. The first-order valence-corrected chi connectivity index (χ1v) is 9.36. The van der Waals surface area contributed by atoms with Crippen molar-refractivity contribution in [1.82, 2.24) is 0 Å². The van der Waals surface area contributed by atoms with Gasteiger partial charge in [-0.1, -0.05) is 0 Å². The molecule has 3 aromatic rings. The van der Waals surface area contributed by atoms with Crippen molar-refractivity contribution < 1.29 is 44.5 Å². The van der Waals surface area contributed by atoms with E-state index in [1.807, 2.05) is 0 Å². The van der Waals surface area contributed by atoms with E-state index in [1.54, 1.807) is 12.1 Å². The average Bonchev–Trinajstić information content (AvgIpc) is 2.73. The first-order chi connectivity index (χ1) is 14.8. The summed E-state index contributed by atoms with van der Waals surface area (Å²) in [6, 6.07) is 9.59. The number of phenolic OH excluding ortho intramolecular Hbond substituents is 2. The van der Waals surface area contributed by atoms with Gasteiger partial charge < -0.3 is 44.5 Å². The van der Waals surface area contributed by atoms with Gasteiger partial charge in [0.2, 0.25) is 6.29 Å². The van der Waals surface area contributed by atoms with Crippen molar-refractivity contribution in [2.45, 2.75) is 30.7 Å². The normalized spacial score (nSPS) is 26.1. The third kappa shape index (κ3) is 3.94. The number of rotatable bonds is 4. The fourth-order valence-corrected chi connectivity index (χ4v) is 3.39. The van der Waals surface area contributed by atoms with E-state index in [9.17, 15) is 35.4 Å². The lowest BCUT2D eigenvalue weighted by Crippen LogP contribution is -2.60. The van der Waals surface area contributed by atoms with Gasteiger partial charge in [-0.3, -0.25) is 4.79 Å². The third-order valence-electron chi connectivity index (χ3n) is 5.03. The highest BCUT2D eigenvalue weighted by molar-refractivity contribution is 5.86. The van der Waals surface area contributed by atoms with Gasteiger partial charge in [0.15, 0.2) is 5.43 Å². The number of phenols is 2. The van der Waals surface area contributed by atoms with Crippen LogP contribution in [-0.4, -0.2) is 68.0 Å². The Hall–Kier alpha value is -3.15. The molecular weight excluding hydrogens is 412 g/mol. The topological polar surface area (TPSA) is 170 Å². The van der Waals surface area contributed by atoms with Crippen LogP contribution in [0.1, 0.15) is 0 Å². The number of aliphatic hydroxyl groups excluding tert-OH is 4. The first-order valence-electron chi connectivity index (χ1n) is 9.36. The summed E-state index contributed by atoms with van der Waals surface area (Å²) in [4.78, 5) is 12.4. The van der Waals surface area contributed by atoms with Gasteiger partial charge in [-0.2, -0.15) is 0 Å². The molecule has 10 nitrogen and oxygen atoms in total. The maximum atomic E-state index is 12.4. The molecule has 1 fully saturated rings. The molecule has 2 heterocycles. The van der Waals surface area contributed by atoms with Crippen LogP contribution in [0.15, 0.2) is 51.7 Å². The molecule has 0 saturated carbocycles. The molecule has 10 heteroatoms. The van der Waals surface area contributed by atoms with E-state index < -0.39 is 48.5 Å². The highest BCUT2D eigenvalue weighted by atomic mass is 16.7. The maximum absolute atomic E-state index is 12.4. The Bertz CT molecular complexity index is 1140. The third-order valence-corrected chi connectivity index (χ3v) is 5.03. The van der Waals surface area contributed by atoms with Crippen molar-refractivity contribution in [3.63, 3.8) is 0 Å². The van der Waals surface area contributed by atoms with Gasteiger partial charge in [0, 0.05) is 23.8 Å². The lowest BCUT2D eigenvalue weighted by molar-refractivity contribution is -0.277. The maximum Gasteiger partial charge on any atom is 0.229 e. The second-order valence-corrected chi connectivity index (χ2v) is 7.15. The summed E-state index contributed by atoms with van der Waals surface area (Å²) < 4.78 is 16.5. The van der Waals surface area contributed by atoms with Crippen molar-refractivity contribution >= 4 is 11.0 Å². The zero-order chi connectivity index (χ0) is 22.3. The minimum atomic E-state index is -1.56. The molecule has 0 aliphatic carbocycles. The molecule has 31 heavy (non-hydrogen) atoms. The minimum Gasteiger partial charge on any atom is -0.508 e. The van der Waals surface area contributed by atoms with Crippen LogP contribution in [0.2, 0.25) is 0 Å². The molecule has 6 N–H and O–H groups in total. The molecular formula is C21H20O10. The predicted octanol–water partition coefficient (Wildman–Crippen LogP) is 0.0499. The summed E-state index contributed by atoms with van der Waals surface area (Å²) in [6.45, 7) is -0.574. The summed E-state index contributed by atoms with van der Waals surface area (Å²) in [5.41, 5.74) is 0.0139. The van der Waals surface area contributed by atoms with Crippen molar-refractivity contribution in [3.8, 4) is 28.6 Å². The van der Waals surface area contributed by atoms with Crippen molar-refractivity contribution in [2.75, 3.05) is 6.61 Å². The molecule has 0 amide bonds. The van der Waals surface area contributed by atoms with E-state index in [0.29, 0.717) is 5.56 Å². The average molecular weight is 432 g/mol. The largest absolute Gasteiger partial charge is 0.508 e. The van der Waals surface area contributed by atoms with Gasteiger partial charge in [-0.05, 0) is 24.3 Å². The number of hydrogen-bond acceptors (Lipinski definition) is 10. The molecule has 0 spiro atoms. The van der Waals surface area contributed by atoms with Crippen LogP contribution in [0.4, 0.5) is 0 Å². The Morgan fingerprint density at radius 2 is 1.65 bits per heavy atom. The highest BCUT2D eigenvalue weighted by Gasteiger charge is 2.44. The van der Waals surface area contributed by atoms with Gasteiger partial charge in [0.1, 0.15) is 58.4 Å². The number of fused-ring (bicyclic) bond motifs is 1. The number of benzene rings is 2. The minimum absolute atomic E-state index is 0.0154. The number of aliphatic hydroxyl groups is 4. The van der Waals surface area contributed by atoms with Crippen LogP contribution in [-0.2, 0) is 4.74 Å². The molecule has 1 aliphatic rings. The Morgan fingerprint density at radius 1 is 0.935 bits per heavy atom. The summed E-state index contributed by atoms with van der Waals surface area (Å²) in [7, 11) is 0. The number of hydrogen-bond donors (Lipinski definition) is 6. The van der Waals surface area contributed by atoms with Gasteiger partial charge in [-0.25, -0.2) is 0 Å². The van der Waals surface area contributed by atoms with E-state index in [-0.39, 0.29) is 28.2 Å². The second kappa shape index (κ2) is 8.17. The van der Waals surface area contributed by atoms with Crippen LogP contribution in [0.3, 0.4) is 0 Å². The SMILES string of the molecule is O=c1cc(-c2ccc(OC3OC(CO)C(O)C(O)C3O)cc2)oc2cc(O)cc(O)c12. The zero-order valence-electron chi connectivity index (χ0n) is 16.0. The zero-order valence-corrected chi connectivity index (χ0v) is 16.0. The van der Waals surface area contributed by atoms with Crippen LogP contribution < -0.4 is 10.2 Å². The number of aromatic hydroxyl groups is 2. The lowest BCUT2D eigenvalue weighted by Gasteiger charge is -2.39. The van der Waals surface area contributed by atoms with E-state index in [4.69, 9.17) is 13.9 Å². The van der Waals surface area contributed by atoms with Crippen molar-refractivity contribution in [1.29, 1.82) is 0 Å². The monoisotopic (exact) mass is 432 g/mol. The fraction of sp³-hybridized carbons (Fsp3) is 0.286. The van der Waals surface area contributed by atoms with Crippen LogP contribution in [0.5, 0.6) is 17.2 Å². The van der Waals surface area contributed by atoms with E-state index in [0.717, 1.165) is 6.07 Å². The summed E-state index contributed by atoms with van der Waals surface area (Å²) in [5, 5.41) is 58.4. The molecule has 1 saturated heterocycles. The van der Waals surface area contributed by atoms with Gasteiger partial charge in [0.25, 0.3) is 0 Å². The van der Waals surface area contributed by atoms with E-state index >= 15 is 0 Å². The molecule has 0 bridgehead atoms.